The second-order valence-corrected chi connectivity index (χ2v) is 6.05. The fraction of sp³-hybridized carbons (Fsp3) is 0. The second kappa shape index (κ2) is 7.24. The first-order valence-electron chi connectivity index (χ1n) is 8.49. The van der Waals surface area contributed by atoms with Crippen LogP contribution in [0.25, 0.3) is 10.9 Å². The van der Waals surface area contributed by atoms with Crippen LogP contribution in [0.2, 0.25) is 0 Å². The molecule has 0 amide bonds. The Morgan fingerprint density at radius 2 is 1.68 bits per heavy atom. The third-order valence-corrected chi connectivity index (χ3v) is 3.97. The number of ether oxygens (including phenoxy) is 1. The smallest absolute Gasteiger partial charge is 0.374 e. The molecule has 0 saturated carbocycles. The van der Waals surface area contributed by atoms with E-state index in [0.717, 1.165) is 0 Å². The SMILES string of the molecule is Nc1cc(Nc2nc(C(=O)O)nc3ccccc23)cc(Oc2ccccc2)c1. The molecule has 0 aliphatic rings. The lowest BCUT2D eigenvalue weighted by Crippen LogP contribution is -2.07. The van der Waals surface area contributed by atoms with E-state index in [9.17, 15) is 9.90 Å². The zero-order valence-electron chi connectivity index (χ0n) is 14.7. The van der Waals surface area contributed by atoms with E-state index in [1.807, 2.05) is 42.5 Å². The summed E-state index contributed by atoms with van der Waals surface area (Å²) in [5, 5.41) is 13.1. The Hall–Kier alpha value is -4.13. The van der Waals surface area contributed by atoms with E-state index < -0.39 is 5.97 Å². The number of rotatable bonds is 5. The highest BCUT2D eigenvalue weighted by Crippen LogP contribution is 2.30. The number of nitrogens with one attached hydrogen (secondary N) is 1. The van der Waals surface area contributed by atoms with Crippen molar-refractivity contribution >= 4 is 34.1 Å². The molecule has 4 N–H and O–H groups in total. The third kappa shape index (κ3) is 3.68. The highest BCUT2D eigenvalue weighted by molar-refractivity contribution is 5.94. The first-order valence-corrected chi connectivity index (χ1v) is 8.49. The van der Waals surface area contributed by atoms with Crippen molar-refractivity contribution in [1.82, 2.24) is 9.97 Å². The van der Waals surface area contributed by atoms with Gasteiger partial charge in [-0.2, -0.15) is 0 Å². The van der Waals surface area contributed by atoms with Gasteiger partial charge in [-0.3, -0.25) is 0 Å². The number of nitrogen functional groups attached to an aromatic ring is 1. The van der Waals surface area contributed by atoms with Gasteiger partial charge >= 0.3 is 5.97 Å². The molecule has 0 aliphatic carbocycles. The molecule has 0 unspecified atom stereocenters. The first kappa shape index (κ1) is 17.3. The van der Waals surface area contributed by atoms with Crippen molar-refractivity contribution in [2.75, 3.05) is 11.1 Å². The Labute approximate surface area is 160 Å². The van der Waals surface area contributed by atoms with Crippen LogP contribution in [0.5, 0.6) is 11.5 Å². The lowest BCUT2D eigenvalue weighted by atomic mass is 10.2. The number of aromatic carboxylic acids is 1. The number of hydrogen-bond acceptors (Lipinski definition) is 6. The third-order valence-electron chi connectivity index (χ3n) is 3.97. The summed E-state index contributed by atoms with van der Waals surface area (Å²) in [4.78, 5) is 19.6. The van der Waals surface area contributed by atoms with Gasteiger partial charge in [0.2, 0.25) is 5.82 Å². The number of carboxylic acid groups (broad SMARTS) is 1. The number of fused-ring (bicyclic) bond motifs is 1. The van der Waals surface area contributed by atoms with Gasteiger partial charge in [0.25, 0.3) is 0 Å². The first-order chi connectivity index (χ1) is 13.6. The zero-order valence-corrected chi connectivity index (χ0v) is 14.7. The summed E-state index contributed by atoms with van der Waals surface area (Å²) in [6, 6.07) is 21.7. The Balaban J connectivity index is 1.72. The monoisotopic (exact) mass is 372 g/mol. The summed E-state index contributed by atoms with van der Waals surface area (Å²) >= 11 is 0. The summed E-state index contributed by atoms with van der Waals surface area (Å²) in [6.07, 6.45) is 0. The summed E-state index contributed by atoms with van der Waals surface area (Å²) in [5.74, 6) is 0.116. The Bertz CT molecular complexity index is 1160. The van der Waals surface area contributed by atoms with E-state index in [1.54, 1.807) is 30.3 Å². The van der Waals surface area contributed by atoms with Crippen LogP contribution < -0.4 is 15.8 Å². The van der Waals surface area contributed by atoms with Gasteiger partial charge < -0.3 is 20.9 Å². The number of benzene rings is 3. The summed E-state index contributed by atoms with van der Waals surface area (Å²) in [7, 11) is 0. The molecule has 1 heterocycles. The van der Waals surface area contributed by atoms with Crippen LogP contribution in [0, 0.1) is 0 Å². The molecule has 0 spiro atoms. The number of anilines is 3. The largest absolute Gasteiger partial charge is 0.475 e. The van der Waals surface area contributed by atoms with E-state index in [2.05, 4.69) is 15.3 Å². The van der Waals surface area contributed by atoms with E-state index in [0.29, 0.717) is 39.6 Å². The quantitative estimate of drug-likeness (QED) is 0.444. The van der Waals surface area contributed by atoms with Crippen molar-refractivity contribution in [2.45, 2.75) is 0 Å². The van der Waals surface area contributed by atoms with Gasteiger partial charge in [0, 0.05) is 28.9 Å². The molecule has 4 rings (SSSR count). The standard InChI is InChI=1S/C21H16N4O3/c22-13-10-14(12-16(11-13)28-15-6-2-1-3-7-15)23-19-17-8-4-5-9-18(17)24-20(25-19)21(26)27/h1-12H,22H2,(H,26,27)(H,23,24,25). The van der Waals surface area contributed by atoms with E-state index >= 15 is 0 Å². The molecule has 7 nitrogen and oxygen atoms in total. The second-order valence-electron chi connectivity index (χ2n) is 6.05. The van der Waals surface area contributed by atoms with E-state index in [1.165, 1.54) is 0 Å². The van der Waals surface area contributed by atoms with Crippen LogP contribution in [-0.2, 0) is 0 Å². The van der Waals surface area contributed by atoms with Gasteiger partial charge in [-0.25, -0.2) is 14.8 Å². The van der Waals surface area contributed by atoms with Gasteiger partial charge in [0.1, 0.15) is 17.3 Å². The number of para-hydroxylation sites is 2. The molecule has 0 radical (unpaired) electrons. The van der Waals surface area contributed by atoms with Gasteiger partial charge in [-0.05, 0) is 30.3 Å². The fourth-order valence-corrected chi connectivity index (χ4v) is 2.78. The molecule has 4 aromatic rings. The fourth-order valence-electron chi connectivity index (χ4n) is 2.78. The van der Waals surface area contributed by atoms with Crippen molar-refractivity contribution < 1.29 is 14.6 Å². The van der Waals surface area contributed by atoms with Crippen LogP contribution in [0.1, 0.15) is 10.6 Å². The maximum absolute atomic E-state index is 11.4. The molecule has 0 aliphatic heterocycles. The average Bonchev–Trinajstić information content (AvgIpc) is 2.68. The topological polar surface area (TPSA) is 110 Å². The zero-order chi connectivity index (χ0) is 19.5. The Morgan fingerprint density at radius 1 is 0.929 bits per heavy atom. The maximum Gasteiger partial charge on any atom is 0.374 e. The minimum Gasteiger partial charge on any atom is -0.475 e. The highest BCUT2D eigenvalue weighted by Gasteiger charge is 2.13. The molecule has 0 saturated heterocycles. The van der Waals surface area contributed by atoms with Crippen LogP contribution >= 0.6 is 0 Å². The molecule has 138 valence electrons. The minimum atomic E-state index is -1.20. The van der Waals surface area contributed by atoms with Gasteiger partial charge in [0.05, 0.1) is 5.52 Å². The van der Waals surface area contributed by atoms with Crippen molar-refractivity contribution in [1.29, 1.82) is 0 Å². The number of carbonyl (C=O) groups is 1. The van der Waals surface area contributed by atoms with E-state index in [-0.39, 0.29) is 5.82 Å². The van der Waals surface area contributed by atoms with Gasteiger partial charge in [-0.15, -0.1) is 0 Å². The lowest BCUT2D eigenvalue weighted by Gasteiger charge is -2.12. The molecular weight excluding hydrogens is 356 g/mol. The Morgan fingerprint density at radius 3 is 2.46 bits per heavy atom. The predicted molar refractivity (Wildman–Crippen MR) is 107 cm³/mol. The molecule has 7 heteroatoms. The predicted octanol–water partition coefficient (Wildman–Crippen LogP) is 4.45. The Kier molecular flexibility index (Phi) is 4.47. The van der Waals surface area contributed by atoms with Crippen molar-refractivity contribution in [3.63, 3.8) is 0 Å². The van der Waals surface area contributed by atoms with Crippen LogP contribution in [0.4, 0.5) is 17.2 Å². The van der Waals surface area contributed by atoms with Crippen molar-refractivity contribution in [3.05, 3.63) is 78.6 Å². The molecule has 3 aromatic carbocycles. The van der Waals surface area contributed by atoms with Crippen LogP contribution in [-0.4, -0.2) is 21.0 Å². The number of carboxylic acids is 1. The summed E-state index contributed by atoms with van der Waals surface area (Å²) in [6.45, 7) is 0. The summed E-state index contributed by atoms with van der Waals surface area (Å²) in [5.41, 5.74) is 7.65. The van der Waals surface area contributed by atoms with Crippen LogP contribution in [0.3, 0.4) is 0 Å². The lowest BCUT2D eigenvalue weighted by molar-refractivity contribution is 0.0684. The maximum atomic E-state index is 11.4. The molecular formula is C21H16N4O3. The number of nitrogens with two attached hydrogens (primary N) is 1. The van der Waals surface area contributed by atoms with Crippen molar-refractivity contribution in [3.8, 4) is 11.5 Å². The van der Waals surface area contributed by atoms with E-state index in [4.69, 9.17) is 10.5 Å². The number of aromatic nitrogens is 2. The number of hydrogen-bond donors (Lipinski definition) is 3. The minimum absolute atomic E-state index is 0.286. The molecule has 0 fully saturated rings. The van der Waals surface area contributed by atoms with Gasteiger partial charge in [-0.1, -0.05) is 30.3 Å². The average molecular weight is 372 g/mol. The highest BCUT2D eigenvalue weighted by atomic mass is 16.5. The van der Waals surface area contributed by atoms with Gasteiger partial charge in [0.15, 0.2) is 0 Å². The normalized spacial score (nSPS) is 10.6. The van der Waals surface area contributed by atoms with Crippen LogP contribution in [0.15, 0.2) is 72.8 Å². The molecule has 1 aromatic heterocycles. The number of nitrogens with zero attached hydrogens (tertiary/aromatic N) is 2. The molecule has 0 atom stereocenters. The summed E-state index contributed by atoms with van der Waals surface area (Å²) < 4.78 is 5.84. The molecule has 0 bridgehead atoms. The van der Waals surface area contributed by atoms with Crippen molar-refractivity contribution in [2.24, 2.45) is 0 Å². The molecule has 28 heavy (non-hydrogen) atoms.